The molecule has 256 valence electrons. The van der Waals surface area contributed by atoms with Crippen molar-refractivity contribution in [2.24, 2.45) is 17.3 Å². The summed E-state index contributed by atoms with van der Waals surface area (Å²) in [6.07, 6.45) is -4.15. The maximum atomic E-state index is 14.4. The molecule has 0 aliphatic heterocycles. The van der Waals surface area contributed by atoms with Crippen LogP contribution in [0.3, 0.4) is 0 Å². The van der Waals surface area contributed by atoms with Crippen LogP contribution >= 0.6 is 0 Å². The molecular formula is C35H44O12. The summed E-state index contributed by atoms with van der Waals surface area (Å²) in [5.74, 6) is -7.39. The molecule has 0 bridgehead atoms. The van der Waals surface area contributed by atoms with E-state index in [0.717, 1.165) is 27.7 Å². The minimum absolute atomic E-state index is 0.0754. The number of aliphatic hydroxyl groups is 1. The number of ketones is 2. The minimum atomic E-state index is -2.40. The summed E-state index contributed by atoms with van der Waals surface area (Å²) in [5.41, 5.74) is -5.04. The highest BCUT2D eigenvalue weighted by Gasteiger charge is 2.68. The fourth-order valence-electron chi connectivity index (χ4n) is 6.49. The van der Waals surface area contributed by atoms with Crippen LogP contribution in [0.4, 0.5) is 0 Å². The van der Waals surface area contributed by atoms with Gasteiger partial charge in [-0.25, -0.2) is 0 Å². The minimum Gasteiger partial charge on any atom is -0.457 e. The van der Waals surface area contributed by atoms with Crippen molar-refractivity contribution in [3.63, 3.8) is 0 Å². The van der Waals surface area contributed by atoms with Gasteiger partial charge in [-0.3, -0.25) is 28.8 Å². The van der Waals surface area contributed by atoms with Crippen molar-refractivity contribution in [1.29, 1.82) is 0 Å². The molecule has 1 N–H and O–H groups in total. The lowest BCUT2D eigenvalue weighted by molar-refractivity contribution is -0.183. The SMILES string of the molecule is C=C1[C@H](OC(C)=O)[C@H]2[C@@H](OCc3ccccc3)[C@](C)(OC(C)=O)C[C@]2(O)C(=O)[C@@H](C)/C=C/C(C)(C)C(=O)[C@H](OC(C)=O)[C@H]1OC(C)=O. The summed E-state index contributed by atoms with van der Waals surface area (Å²) in [5, 5.41) is 12.6. The average molecular weight is 657 g/mol. The number of allylic oxidation sites excluding steroid dienone is 2. The predicted molar refractivity (Wildman–Crippen MR) is 166 cm³/mol. The molecule has 0 aromatic heterocycles. The fraction of sp³-hybridized carbons (Fsp3) is 0.543. The Morgan fingerprint density at radius 2 is 1.36 bits per heavy atom. The van der Waals surface area contributed by atoms with Crippen LogP contribution in [0.25, 0.3) is 0 Å². The second-order valence-corrected chi connectivity index (χ2v) is 13.0. The standard InChI is InChI=1S/C35H44O12/c1-19-15-16-33(7,8)31(41)29(46-23(5)38)28(45-22(4)37)20(2)27(44-21(3)36)26-32(43-17-25-13-11-10-12-14-25)34(9,47-24(6)39)18-35(26,42)30(19)40/h10-16,19,26-29,32,42H,2,17-18H2,1,3-9H3/b16-15+/t19-,26-,27-,28-,29+,32+,34+,35+/m0/s1. The molecule has 0 amide bonds. The zero-order valence-corrected chi connectivity index (χ0v) is 28.1. The molecule has 2 aliphatic carbocycles. The number of hydrogen-bond acceptors (Lipinski definition) is 12. The summed E-state index contributed by atoms with van der Waals surface area (Å²) in [7, 11) is 0. The zero-order chi connectivity index (χ0) is 35.5. The number of hydrogen-bond donors (Lipinski definition) is 1. The van der Waals surface area contributed by atoms with Crippen molar-refractivity contribution in [3.8, 4) is 0 Å². The van der Waals surface area contributed by atoms with Gasteiger partial charge in [-0.1, -0.05) is 56.0 Å². The van der Waals surface area contributed by atoms with E-state index in [1.807, 2.05) is 0 Å². The van der Waals surface area contributed by atoms with Crippen molar-refractivity contribution in [2.75, 3.05) is 0 Å². The number of ether oxygens (including phenoxy) is 5. The normalized spacial score (nSPS) is 33.0. The summed E-state index contributed by atoms with van der Waals surface area (Å²) >= 11 is 0. The first kappa shape index (κ1) is 37.3. The van der Waals surface area contributed by atoms with Gasteiger partial charge in [-0.2, -0.15) is 0 Å². The van der Waals surface area contributed by atoms with Gasteiger partial charge in [0, 0.05) is 51.0 Å². The quantitative estimate of drug-likeness (QED) is 0.258. The highest BCUT2D eigenvalue weighted by Crippen LogP contribution is 2.52. The molecule has 12 nitrogen and oxygen atoms in total. The van der Waals surface area contributed by atoms with Crippen molar-refractivity contribution in [2.45, 2.75) is 104 Å². The molecule has 12 heteroatoms. The van der Waals surface area contributed by atoms with Gasteiger partial charge in [0.1, 0.15) is 23.4 Å². The Labute approximate surface area is 274 Å². The number of benzene rings is 1. The second-order valence-electron chi connectivity index (χ2n) is 13.0. The van der Waals surface area contributed by atoms with Gasteiger partial charge in [0.2, 0.25) is 6.10 Å². The van der Waals surface area contributed by atoms with Crippen molar-refractivity contribution in [1.82, 2.24) is 0 Å². The molecule has 0 spiro atoms. The maximum absolute atomic E-state index is 14.4. The summed E-state index contributed by atoms with van der Waals surface area (Å²) < 4.78 is 28.9. The van der Waals surface area contributed by atoms with E-state index >= 15 is 0 Å². The molecule has 0 saturated heterocycles. The van der Waals surface area contributed by atoms with Crippen LogP contribution in [0, 0.1) is 17.3 Å². The molecule has 3 rings (SSSR count). The van der Waals surface area contributed by atoms with Gasteiger partial charge in [0.05, 0.1) is 12.5 Å². The van der Waals surface area contributed by atoms with Crippen LogP contribution in [0.1, 0.15) is 67.4 Å². The van der Waals surface area contributed by atoms with Crippen LogP contribution in [-0.4, -0.2) is 76.2 Å². The van der Waals surface area contributed by atoms with E-state index in [9.17, 15) is 33.9 Å². The van der Waals surface area contributed by atoms with Crippen molar-refractivity contribution < 1.29 is 57.6 Å². The smallest absolute Gasteiger partial charge is 0.303 e. The third kappa shape index (κ3) is 8.23. The lowest BCUT2D eigenvalue weighted by atomic mass is 9.72. The predicted octanol–water partition coefficient (Wildman–Crippen LogP) is 3.37. The van der Waals surface area contributed by atoms with E-state index < -0.39 is 94.7 Å². The average Bonchev–Trinajstić information content (AvgIpc) is 3.19. The monoisotopic (exact) mass is 656 g/mol. The van der Waals surface area contributed by atoms with Crippen LogP contribution in [0.15, 0.2) is 54.6 Å². The van der Waals surface area contributed by atoms with E-state index in [1.54, 1.807) is 30.3 Å². The Balaban J connectivity index is 2.40. The first-order chi connectivity index (χ1) is 21.7. The molecule has 1 saturated carbocycles. The molecular weight excluding hydrogens is 612 g/mol. The van der Waals surface area contributed by atoms with Crippen LogP contribution in [-0.2, 0) is 59.1 Å². The van der Waals surface area contributed by atoms with E-state index in [-0.39, 0.29) is 12.2 Å². The van der Waals surface area contributed by atoms with Crippen LogP contribution in [0.2, 0.25) is 0 Å². The van der Waals surface area contributed by atoms with Crippen LogP contribution < -0.4 is 0 Å². The molecule has 0 heterocycles. The molecule has 0 unspecified atom stereocenters. The van der Waals surface area contributed by atoms with Crippen molar-refractivity contribution >= 4 is 35.4 Å². The maximum Gasteiger partial charge on any atom is 0.303 e. The second kappa shape index (κ2) is 14.3. The zero-order valence-electron chi connectivity index (χ0n) is 28.1. The first-order valence-electron chi connectivity index (χ1n) is 15.3. The first-order valence-corrected chi connectivity index (χ1v) is 15.3. The third-order valence-corrected chi connectivity index (χ3v) is 8.50. The highest BCUT2D eigenvalue weighted by molar-refractivity contribution is 5.94. The van der Waals surface area contributed by atoms with E-state index in [0.29, 0.717) is 5.56 Å². The van der Waals surface area contributed by atoms with E-state index in [1.165, 1.54) is 39.8 Å². The van der Waals surface area contributed by atoms with Gasteiger partial charge in [-0.05, 0) is 26.3 Å². The lowest BCUT2D eigenvalue weighted by Gasteiger charge is -2.41. The molecule has 2 aliphatic rings. The van der Waals surface area contributed by atoms with Crippen LogP contribution in [0.5, 0.6) is 0 Å². The molecule has 8 atom stereocenters. The molecule has 1 fully saturated rings. The van der Waals surface area contributed by atoms with Gasteiger partial charge in [-0.15, -0.1) is 0 Å². The number of carbonyl (C=O) groups is 6. The largest absolute Gasteiger partial charge is 0.457 e. The Morgan fingerprint density at radius 1 is 0.830 bits per heavy atom. The van der Waals surface area contributed by atoms with Crippen molar-refractivity contribution in [3.05, 3.63) is 60.2 Å². The third-order valence-electron chi connectivity index (χ3n) is 8.50. The Kier molecular flexibility index (Phi) is 11.4. The number of rotatable bonds is 7. The molecule has 1 aromatic carbocycles. The summed E-state index contributed by atoms with van der Waals surface area (Å²) in [4.78, 5) is 78.4. The Bertz CT molecular complexity index is 1450. The van der Waals surface area contributed by atoms with Gasteiger partial charge < -0.3 is 28.8 Å². The highest BCUT2D eigenvalue weighted by atomic mass is 16.6. The van der Waals surface area contributed by atoms with Gasteiger partial charge in [0.25, 0.3) is 0 Å². The topological polar surface area (TPSA) is 169 Å². The summed E-state index contributed by atoms with van der Waals surface area (Å²) in [6, 6.07) is 8.92. The number of carbonyl (C=O) groups excluding carboxylic acids is 6. The molecule has 47 heavy (non-hydrogen) atoms. The molecule has 0 radical (unpaired) electrons. The van der Waals surface area contributed by atoms with Gasteiger partial charge >= 0.3 is 23.9 Å². The van der Waals surface area contributed by atoms with E-state index in [4.69, 9.17) is 23.7 Å². The Hall–Kier alpha value is -4.16. The molecule has 1 aromatic rings. The lowest BCUT2D eigenvalue weighted by Crippen LogP contribution is -2.57. The fourth-order valence-corrected chi connectivity index (χ4v) is 6.49. The van der Waals surface area contributed by atoms with E-state index in [2.05, 4.69) is 6.58 Å². The number of Topliss-reactive ketones (excluding diaryl/α,β-unsaturated/α-hetero) is 2. The number of fused-ring (bicyclic) bond motifs is 1. The van der Waals surface area contributed by atoms with Gasteiger partial charge in [0.15, 0.2) is 17.7 Å². The summed E-state index contributed by atoms with van der Waals surface area (Å²) in [6.45, 7) is 14.4. The number of esters is 4. The Morgan fingerprint density at radius 3 is 1.89 bits per heavy atom.